The monoisotopic (exact) mass is 338 g/mol. The van der Waals surface area contributed by atoms with Gasteiger partial charge in [0.15, 0.2) is 0 Å². The van der Waals surface area contributed by atoms with Crippen LogP contribution in [0.2, 0.25) is 0 Å². The van der Waals surface area contributed by atoms with E-state index in [0.717, 1.165) is 19.1 Å². The molecule has 0 unspecified atom stereocenters. The van der Waals surface area contributed by atoms with E-state index in [9.17, 15) is 4.79 Å². The highest BCUT2D eigenvalue weighted by Crippen LogP contribution is 2.10. The van der Waals surface area contributed by atoms with Gasteiger partial charge in [-0.05, 0) is 32.1 Å². The molecule has 0 radical (unpaired) electrons. The third kappa shape index (κ3) is 18.8. The van der Waals surface area contributed by atoms with Crippen molar-refractivity contribution in [2.75, 3.05) is 6.61 Å². The SMILES string of the molecule is C=COC(=O)OCCCCCCCCC=CCCCCCCCC. The molecule has 3 nitrogen and oxygen atoms in total. The summed E-state index contributed by atoms with van der Waals surface area (Å²) in [6, 6.07) is 0. The normalized spacial score (nSPS) is 10.9. The fraction of sp³-hybridized carbons (Fsp3) is 0.762. The third-order valence-corrected chi connectivity index (χ3v) is 4.06. The molecule has 0 N–H and O–H groups in total. The Morgan fingerprint density at radius 3 is 1.83 bits per heavy atom. The zero-order chi connectivity index (χ0) is 17.7. The number of ether oxygens (including phenoxy) is 2. The summed E-state index contributed by atoms with van der Waals surface area (Å²) in [5.74, 6) is 0. The van der Waals surface area contributed by atoms with Crippen molar-refractivity contribution in [1.29, 1.82) is 0 Å². The highest BCUT2D eigenvalue weighted by Gasteiger charge is 1.99. The second-order valence-electron chi connectivity index (χ2n) is 6.32. The second kappa shape index (κ2) is 19.8. The Morgan fingerprint density at radius 1 is 0.792 bits per heavy atom. The van der Waals surface area contributed by atoms with Gasteiger partial charge in [-0.2, -0.15) is 0 Å². The standard InChI is InChI=1S/C21H38O3/c1-3-5-6-7-8-9-10-11-12-13-14-15-16-17-18-19-20-24-21(22)23-4-2/h4,11-12H,2-3,5-10,13-20H2,1H3. The van der Waals surface area contributed by atoms with Gasteiger partial charge >= 0.3 is 6.16 Å². The Bertz CT molecular complexity index is 310. The van der Waals surface area contributed by atoms with Gasteiger partial charge in [-0.25, -0.2) is 4.79 Å². The van der Waals surface area contributed by atoms with Crippen molar-refractivity contribution >= 4 is 6.16 Å². The van der Waals surface area contributed by atoms with E-state index < -0.39 is 6.16 Å². The first-order chi connectivity index (χ1) is 11.8. The van der Waals surface area contributed by atoms with Crippen molar-refractivity contribution in [2.45, 2.75) is 96.8 Å². The summed E-state index contributed by atoms with van der Waals surface area (Å²) >= 11 is 0. The first kappa shape index (κ1) is 22.8. The van der Waals surface area contributed by atoms with Gasteiger partial charge in [0.25, 0.3) is 0 Å². The Balaban J connectivity index is 3.12. The Labute approximate surface area is 149 Å². The quantitative estimate of drug-likeness (QED) is 0.121. The van der Waals surface area contributed by atoms with Crippen LogP contribution in [0.4, 0.5) is 4.79 Å². The van der Waals surface area contributed by atoms with E-state index in [4.69, 9.17) is 4.74 Å². The zero-order valence-corrected chi connectivity index (χ0v) is 15.8. The predicted molar refractivity (Wildman–Crippen MR) is 102 cm³/mol. The molecule has 140 valence electrons. The topological polar surface area (TPSA) is 35.5 Å². The molecular weight excluding hydrogens is 300 g/mol. The lowest BCUT2D eigenvalue weighted by molar-refractivity contribution is 0.0833. The summed E-state index contributed by atoms with van der Waals surface area (Å²) in [5.41, 5.74) is 0. The molecule has 0 aliphatic heterocycles. The molecule has 0 aliphatic carbocycles. The van der Waals surface area contributed by atoms with Crippen LogP contribution in [0.5, 0.6) is 0 Å². The van der Waals surface area contributed by atoms with Crippen LogP contribution in [0, 0.1) is 0 Å². The molecule has 0 saturated heterocycles. The van der Waals surface area contributed by atoms with Crippen LogP contribution >= 0.6 is 0 Å². The van der Waals surface area contributed by atoms with E-state index in [1.54, 1.807) is 0 Å². The van der Waals surface area contributed by atoms with Crippen LogP contribution in [-0.2, 0) is 9.47 Å². The minimum absolute atomic E-state index is 0.438. The van der Waals surface area contributed by atoms with E-state index in [1.165, 1.54) is 77.0 Å². The number of unbranched alkanes of at least 4 members (excludes halogenated alkanes) is 12. The number of hydrogen-bond donors (Lipinski definition) is 0. The minimum atomic E-state index is -0.655. The van der Waals surface area contributed by atoms with E-state index in [-0.39, 0.29) is 0 Å². The molecule has 0 aromatic carbocycles. The molecule has 0 saturated carbocycles. The van der Waals surface area contributed by atoms with E-state index in [2.05, 4.69) is 30.4 Å². The molecule has 0 amide bonds. The summed E-state index contributed by atoms with van der Waals surface area (Å²) in [7, 11) is 0. The molecule has 24 heavy (non-hydrogen) atoms. The molecule has 0 atom stereocenters. The fourth-order valence-electron chi connectivity index (χ4n) is 2.61. The number of carbonyl (C=O) groups is 1. The number of allylic oxidation sites excluding steroid dienone is 2. The van der Waals surface area contributed by atoms with Gasteiger partial charge in [-0.1, -0.05) is 83.4 Å². The number of carbonyl (C=O) groups excluding carboxylic acids is 1. The predicted octanol–water partition coefficient (Wildman–Crippen LogP) is 7.32. The van der Waals surface area contributed by atoms with Gasteiger partial charge in [0.1, 0.15) is 0 Å². The largest absolute Gasteiger partial charge is 0.513 e. The first-order valence-corrected chi connectivity index (χ1v) is 9.90. The maximum absolute atomic E-state index is 10.9. The second-order valence-corrected chi connectivity index (χ2v) is 6.32. The van der Waals surface area contributed by atoms with Crippen LogP contribution < -0.4 is 0 Å². The zero-order valence-electron chi connectivity index (χ0n) is 15.8. The van der Waals surface area contributed by atoms with Crippen LogP contribution in [0.1, 0.15) is 96.8 Å². The van der Waals surface area contributed by atoms with E-state index in [0.29, 0.717) is 6.61 Å². The van der Waals surface area contributed by atoms with Gasteiger partial charge in [0.05, 0.1) is 12.9 Å². The first-order valence-electron chi connectivity index (χ1n) is 9.90. The van der Waals surface area contributed by atoms with Crippen LogP contribution in [-0.4, -0.2) is 12.8 Å². The lowest BCUT2D eigenvalue weighted by Gasteiger charge is -2.03. The van der Waals surface area contributed by atoms with Gasteiger partial charge < -0.3 is 9.47 Å². The summed E-state index contributed by atoms with van der Waals surface area (Å²) < 4.78 is 9.33. The third-order valence-electron chi connectivity index (χ3n) is 4.06. The molecule has 0 aromatic rings. The average molecular weight is 339 g/mol. The lowest BCUT2D eigenvalue weighted by atomic mass is 10.1. The van der Waals surface area contributed by atoms with Gasteiger partial charge in [-0.15, -0.1) is 0 Å². The van der Waals surface area contributed by atoms with Crippen molar-refractivity contribution in [1.82, 2.24) is 0 Å². The average Bonchev–Trinajstić information content (AvgIpc) is 2.58. The van der Waals surface area contributed by atoms with Crippen molar-refractivity contribution in [3.05, 3.63) is 25.0 Å². The smallest absolute Gasteiger partial charge is 0.434 e. The van der Waals surface area contributed by atoms with Crippen LogP contribution in [0.25, 0.3) is 0 Å². The van der Waals surface area contributed by atoms with Crippen molar-refractivity contribution in [3.63, 3.8) is 0 Å². The maximum atomic E-state index is 10.9. The van der Waals surface area contributed by atoms with Crippen molar-refractivity contribution in [2.24, 2.45) is 0 Å². The highest BCUT2D eigenvalue weighted by atomic mass is 16.7. The molecule has 3 heteroatoms. The Morgan fingerprint density at radius 2 is 1.29 bits per heavy atom. The Kier molecular flexibility index (Phi) is 18.8. The van der Waals surface area contributed by atoms with Crippen molar-refractivity contribution in [3.8, 4) is 0 Å². The van der Waals surface area contributed by atoms with Crippen LogP contribution in [0.3, 0.4) is 0 Å². The number of rotatable bonds is 17. The minimum Gasteiger partial charge on any atom is -0.434 e. The highest BCUT2D eigenvalue weighted by molar-refractivity contribution is 5.60. The molecule has 0 rings (SSSR count). The summed E-state index contributed by atoms with van der Waals surface area (Å²) in [6.07, 6.45) is 23.0. The van der Waals surface area contributed by atoms with Crippen LogP contribution in [0.15, 0.2) is 25.0 Å². The van der Waals surface area contributed by atoms with Gasteiger partial charge in [-0.3, -0.25) is 0 Å². The molecular formula is C21H38O3. The summed E-state index contributed by atoms with van der Waals surface area (Å²) in [6.45, 7) is 6.00. The summed E-state index contributed by atoms with van der Waals surface area (Å²) in [5, 5.41) is 0. The molecule has 0 fully saturated rings. The maximum Gasteiger partial charge on any atom is 0.513 e. The summed E-state index contributed by atoms with van der Waals surface area (Å²) in [4.78, 5) is 10.9. The molecule has 0 bridgehead atoms. The van der Waals surface area contributed by atoms with Gasteiger partial charge in [0, 0.05) is 0 Å². The molecule has 0 aromatic heterocycles. The van der Waals surface area contributed by atoms with E-state index in [1.807, 2.05) is 0 Å². The van der Waals surface area contributed by atoms with E-state index >= 15 is 0 Å². The fourth-order valence-corrected chi connectivity index (χ4v) is 2.61. The molecule has 0 spiro atoms. The molecule has 0 heterocycles. The Hall–Kier alpha value is -1.25. The lowest BCUT2D eigenvalue weighted by Crippen LogP contribution is -2.04. The van der Waals surface area contributed by atoms with Gasteiger partial charge in [0.2, 0.25) is 0 Å². The van der Waals surface area contributed by atoms with Crippen molar-refractivity contribution < 1.29 is 14.3 Å². The number of hydrogen-bond acceptors (Lipinski definition) is 3. The molecule has 0 aliphatic rings.